The number of carbonyl (C=O) groups excluding carboxylic acids is 2. The lowest BCUT2D eigenvalue weighted by Crippen LogP contribution is -2.36. The third kappa shape index (κ3) is 6.64. The topological polar surface area (TPSA) is 58.2 Å². The van der Waals surface area contributed by atoms with Crippen LogP contribution in [0.25, 0.3) is 0 Å². The van der Waals surface area contributed by atoms with E-state index in [1.165, 1.54) is 0 Å². The summed E-state index contributed by atoms with van der Waals surface area (Å²) < 4.78 is 26.6. The highest BCUT2D eigenvalue weighted by Gasteiger charge is 2.36. The molecule has 0 aromatic heterocycles. The summed E-state index contributed by atoms with van der Waals surface area (Å²) >= 11 is 0. The zero-order chi connectivity index (χ0) is 17.4. The number of hydrogen-bond acceptors (Lipinski definition) is 2. The van der Waals surface area contributed by atoms with E-state index < -0.39 is 5.92 Å². The van der Waals surface area contributed by atoms with Gasteiger partial charge in [-0.1, -0.05) is 30.3 Å². The molecular weight excluding hydrogens is 314 g/mol. The standard InChI is InChI=1S/C18H24F2N2O2/c19-18(20)9-4-7-15(12-18)13-22-16(23)8-10-21-17(24)11-14-5-2-1-3-6-14/h1-3,5-6,15H,4,7-13H2,(H,21,24)(H,22,23)/t15-/m1/s1. The lowest BCUT2D eigenvalue weighted by atomic mass is 9.86. The second-order valence-electron chi connectivity index (χ2n) is 6.38. The number of benzene rings is 1. The van der Waals surface area contributed by atoms with E-state index in [9.17, 15) is 18.4 Å². The van der Waals surface area contributed by atoms with Gasteiger partial charge < -0.3 is 10.6 Å². The maximum absolute atomic E-state index is 13.3. The number of carbonyl (C=O) groups is 2. The zero-order valence-electron chi connectivity index (χ0n) is 13.7. The molecule has 0 heterocycles. The number of nitrogens with one attached hydrogen (secondary N) is 2. The predicted octanol–water partition coefficient (Wildman–Crippen LogP) is 2.68. The van der Waals surface area contributed by atoms with Gasteiger partial charge >= 0.3 is 0 Å². The van der Waals surface area contributed by atoms with Gasteiger partial charge in [-0.25, -0.2) is 8.78 Å². The lowest BCUT2D eigenvalue weighted by molar-refractivity contribution is -0.122. The normalized spacial score (nSPS) is 19.5. The Bertz CT molecular complexity index is 549. The summed E-state index contributed by atoms with van der Waals surface area (Å²) in [6.45, 7) is 0.532. The molecule has 1 aliphatic carbocycles. The van der Waals surface area contributed by atoms with Crippen molar-refractivity contribution in [1.82, 2.24) is 10.6 Å². The fourth-order valence-corrected chi connectivity index (χ4v) is 2.96. The number of halogens is 2. The van der Waals surface area contributed by atoms with Crippen molar-refractivity contribution in [1.29, 1.82) is 0 Å². The van der Waals surface area contributed by atoms with Crippen molar-refractivity contribution in [3.8, 4) is 0 Å². The molecule has 2 N–H and O–H groups in total. The predicted molar refractivity (Wildman–Crippen MR) is 87.7 cm³/mol. The van der Waals surface area contributed by atoms with Crippen LogP contribution in [-0.4, -0.2) is 30.8 Å². The van der Waals surface area contributed by atoms with Crippen molar-refractivity contribution in [3.05, 3.63) is 35.9 Å². The molecule has 2 rings (SSSR count). The van der Waals surface area contributed by atoms with Crippen LogP contribution < -0.4 is 10.6 Å². The van der Waals surface area contributed by atoms with Gasteiger partial charge in [0.2, 0.25) is 17.7 Å². The number of alkyl halides is 2. The maximum Gasteiger partial charge on any atom is 0.248 e. The Balaban J connectivity index is 1.59. The molecular formula is C18H24F2N2O2. The fraction of sp³-hybridized carbons (Fsp3) is 0.556. The molecule has 4 nitrogen and oxygen atoms in total. The van der Waals surface area contributed by atoms with E-state index in [1.807, 2.05) is 30.3 Å². The minimum Gasteiger partial charge on any atom is -0.356 e. The van der Waals surface area contributed by atoms with Gasteiger partial charge in [0.05, 0.1) is 6.42 Å². The van der Waals surface area contributed by atoms with E-state index in [0.29, 0.717) is 6.42 Å². The molecule has 0 bridgehead atoms. The van der Waals surface area contributed by atoms with Gasteiger partial charge in [0, 0.05) is 32.4 Å². The zero-order valence-corrected chi connectivity index (χ0v) is 13.7. The van der Waals surface area contributed by atoms with Crippen LogP contribution in [0, 0.1) is 5.92 Å². The number of amides is 2. The van der Waals surface area contributed by atoms with E-state index in [4.69, 9.17) is 0 Å². The van der Waals surface area contributed by atoms with Crippen LogP contribution in [0.15, 0.2) is 30.3 Å². The first kappa shape index (κ1) is 18.4. The lowest BCUT2D eigenvalue weighted by Gasteiger charge is -2.28. The second-order valence-corrected chi connectivity index (χ2v) is 6.38. The molecule has 1 aromatic rings. The third-order valence-corrected chi connectivity index (χ3v) is 4.21. The van der Waals surface area contributed by atoms with Gasteiger partial charge in [-0.2, -0.15) is 0 Å². The maximum atomic E-state index is 13.3. The molecule has 0 unspecified atom stereocenters. The van der Waals surface area contributed by atoms with Crippen LogP contribution in [0.3, 0.4) is 0 Å². The van der Waals surface area contributed by atoms with Crippen molar-refractivity contribution in [2.24, 2.45) is 5.92 Å². The fourth-order valence-electron chi connectivity index (χ4n) is 2.96. The van der Waals surface area contributed by atoms with Crippen molar-refractivity contribution < 1.29 is 18.4 Å². The molecule has 0 saturated heterocycles. The minimum absolute atomic E-state index is 0.0507. The van der Waals surface area contributed by atoms with E-state index >= 15 is 0 Å². The Hall–Kier alpha value is -1.98. The van der Waals surface area contributed by atoms with Crippen LogP contribution in [0.1, 0.15) is 37.7 Å². The van der Waals surface area contributed by atoms with Crippen molar-refractivity contribution >= 4 is 11.8 Å². The number of rotatable bonds is 7. The molecule has 1 aromatic carbocycles. The van der Waals surface area contributed by atoms with Crippen LogP contribution in [0.4, 0.5) is 8.78 Å². The highest BCUT2D eigenvalue weighted by Crippen LogP contribution is 2.36. The molecule has 1 atom stereocenters. The molecule has 1 aliphatic rings. The minimum atomic E-state index is -2.60. The van der Waals surface area contributed by atoms with Gasteiger partial charge in [0.1, 0.15) is 0 Å². The molecule has 0 radical (unpaired) electrons. The van der Waals surface area contributed by atoms with Gasteiger partial charge in [0.25, 0.3) is 0 Å². The number of hydrogen-bond donors (Lipinski definition) is 2. The first-order valence-electron chi connectivity index (χ1n) is 8.40. The van der Waals surface area contributed by atoms with Crippen LogP contribution in [0.2, 0.25) is 0 Å². The summed E-state index contributed by atoms with van der Waals surface area (Å²) in [5.74, 6) is -3.12. The average molecular weight is 338 g/mol. The van der Waals surface area contributed by atoms with Crippen molar-refractivity contribution in [2.45, 2.75) is 44.4 Å². The molecule has 1 fully saturated rings. The van der Waals surface area contributed by atoms with E-state index in [2.05, 4.69) is 10.6 Å². The monoisotopic (exact) mass is 338 g/mol. The molecule has 1 saturated carbocycles. The SMILES string of the molecule is O=C(CCNC(=O)Cc1ccccc1)NC[C@@H]1CCCC(F)(F)C1. The Labute approximate surface area is 141 Å². The van der Waals surface area contributed by atoms with E-state index in [0.717, 1.165) is 12.0 Å². The quantitative estimate of drug-likeness (QED) is 0.803. The summed E-state index contributed by atoms with van der Waals surface area (Å²) in [6, 6.07) is 9.35. The first-order chi connectivity index (χ1) is 11.4. The van der Waals surface area contributed by atoms with Gasteiger partial charge in [0.15, 0.2) is 0 Å². The van der Waals surface area contributed by atoms with Crippen LogP contribution >= 0.6 is 0 Å². The van der Waals surface area contributed by atoms with E-state index in [1.54, 1.807) is 0 Å². The first-order valence-corrected chi connectivity index (χ1v) is 8.40. The molecule has 2 amide bonds. The summed E-state index contributed by atoms with van der Waals surface area (Å²) in [6.07, 6.45) is 1.46. The smallest absolute Gasteiger partial charge is 0.248 e. The summed E-state index contributed by atoms with van der Waals surface area (Å²) in [4.78, 5) is 23.5. The summed E-state index contributed by atoms with van der Waals surface area (Å²) in [5, 5.41) is 5.38. The Morgan fingerprint density at radius 1 is 1.12 bits per heavy atom. The molecule has 0 spiro atoms. The summed E-state index contributed by atoms with van der Waals surface area (Å²) in [7, 11) is 0. The Morgan fingerprint density at radius 3 is 2.58 bits per heavy atom. The highest BCUT2D eigenvalue weighted by molar-refractivity contribution is 5.80. The molecule has 0 aliphatic heterocycles. The van der Waals surface area contributed by atoms with Crippen molar-refractivity contribution in [3.63, 3.8) is 0 Å². The third-order valence-electron chi connectivity index (χ3n) is 4.21. The largest absolute Gasteiger partial charge is 0.356 e. The van der Waals surface area contributed by atoms with Crippen LogP contribution in [0.5, 0.6) is 0 Å². The Kier molecular flexibility index (Phi) is 6.70. The van der Waals surface area contributed by atoms with Gasteiger partial charge in [-0.15, -0.1) is 0 Å². The average Bonchev–Trinajstić information content (AvgIpc) is 2.53. The van der Waals surface area contributed by atoms with Crippen LogP contribution in [-0.2, 0) is 16.0 Å². The van der Waals surface area contributed by atoms with Gasteiger partial charge in [-0.05, 0) is 24.3 Å². The molecule has 24 heavy (non-hydrogen) atoms. The van der Waals surface area contributed by atoms with Crippen molar-refractivity contribution in [2.75, 3.05) is 13.1 Å². The van der Waals surface area contributed by atoms with Gasteiger partial charge in [-0.3, -0.25) is 9.59 Å². The highest BCUT2D eigenvalue weighted by atomic mass is 19.3. The molecule has 132 valence electrons. The molecule has 6 heteroatoms. The van der Waals surface area contributed by atoms with E-state index in [-0.39, 0.29) is 56.5 Å². The summed E-state index contributed by atoms with van der Waals surface area (Å²) in [5.41, 5.74) is 0.915. The Morgan fingerprint density at radius 2 is 1.88 bits per heavy atom. The second kappa shape index (κ2) is 8.76.